The number of aryl methyl sites for hydroxylation is 1. The number of carbonyl (C=O) groups is 1. The first-order valence-electron chi connectivity index (χ1n) is 13.1. The van der Waals surface area contributed by atoms with Gasteiger partial charge in [0.1, 0.15) is 24.3 Å². The van der Waals surface area contributed by atoms with Crippen LogP contribution < -0.4 is 19.8 Å². The van der Waals surface area contributed by atoms with Gasteiger partial charge in [-0.25, -0.2) is 18.7 Å². The molecule has 5 rings (SSSR count). The second kappa shape index (κ2) is 12.7. The van der Waals surface area contributed by atoms with Crippen LogP contribution in [0, 0.1) is 18.6 Å². The molecule has 0 saturated heterocycles. The summed E-state index contributed by atoms with van der Waals surface area (Å²) in [5, 5.41) is 0. The number of pyridine rings is 2. The quantitative estimate of drug-likeness (QED) is 0.155. The fraction of sp³-hybridized carbons (Fsp3) is 0.194. The summed E-state index contributed by atoms with van der Waals surface area (Å²) in [7, 11) is 2.98. The van der Waals surface area contributed by atoms with E-state index in [1.54, 1.807) is 26.2 Å². The molecule has 0 atom stereocenters. The highest BCUT2D eigenvalue weighted by atomic mass is 19.1. The first-order valence-corrected chi connectivity index (χ1v) is 13.1. The van der Waals surface area contributed by atoms with E-state index in [1.165, 1.54) is 60.5 Å². The van der Waals surface area contributed by atoms with Crippen molar-refractivity contribution in [1.82, 2.24) is 19.5 Å². The maximum atomic E-state index is 15.2. The minimum atomic E-state index is -0.754. The summed E-state index contributed by atoms with van der Waals surface area (Å²) in [5.74, 6) is -1.38. The number of hydrogen-bond donors (Lipinski definition) is 0. The average molecular weight is 589 g/mol. The number of fused-ring (bicyclic) bond motifs is 1. The number of aromatic nitrogens is 4. The molecule has 0 amide bonds. The van der Waals surface area contributed by atoms with Gasteiger partial charge in [-0.2, -0.15) is 4.98 Å². The Hall–Kier alpha value is -5.23. The lowest BCUT2D eigenvalue weighted by molar-refractivity contribution is 0.0991. The molecule has 0 radical (unpaired) electrons. The minimum Gasteiger partial charge on any atom is -0.485 e. The topological polar surface area (TPSA) is 115 Å². The molecular weight excluding hydrogens is 562 g/mol. The molecule has 3 heterocycles. The largest absolute Gasteiger partial charge is 0.485 e. The number of benzene rings is 2. The van der Waals surface area contributed by atoms with Gasteiger partial charge in [0.25, 0.3) is 11.4 Å². The molecule has 5 aromatic rings. The van der Waals surface area contributed by atoms with Gasteiger partial charge in [-0.15, -0.1) is 0 Å². The predicted octanol–water partition coefficient (Wildman–Crippen LogP) is 5.01. The third-order valence-electron chi connectivity index (χ3n) is 6.48. The van der Waals surface area contributed by atoms with Gasteiger partial charge >= 0.3 is 0 Å². The van der Waals surface area contributed by atoms with Crippen LogP contribution in [0.15, 0.2) is 71.8 Å². The van der Waals surface area contributed by atoms with Crippen molar-refractivity contribution in [2.75, 3.05) is 27.4 Å². The zero-order valence-electron chi connectivity index (χ0n) is 23.5. The van der Waals surface area contributed by atoms with Gasteiger partial charge in [-0.05, 0) is 61.0 Å². The highest BCUT2D eigenvalue weighted by Gasteiger charge is 2.19. The average Bonchev–Trinajstić information content (AvgIpc) is 2.99. The SMILES string of the molecule is COCCOc1cc2ncnc(Oc3ccc(CC(=O)c4ccc(C)n(-c5ccc(F)cc5)c4=O)cc3F)c2nc1OC. The molecule has 0 saturated carbocycles. The fourth-order valence-electron chi connectivity index (χ4n) is 4.36. The highest BCUT2D eigenvalue weighted by molar-refractivity contribution is 5.97. The molecule has 0 unspecified atom stereocenters. The van der Waals surface area contributed by atoms with Crippen LogP contribution in [-0.4, -0.2) is 52.7 Å². The lowest BCUT2D eigenvalue weighted by Crippen LogP contribution is -2.27. The van der Waals surface area contributed by atoms with Crippen LogP contribution in [0.2, 0.25) is 0 Å². The number of carbonyl (C=O) groups excluding carboxylic acids is 1. The second-order valence-electron chi connectivity index (χ2n) is 9.36. The number of nitrogens with zero attached hydrogens (tertiary/aromatic N) is 4. The number of ketones is 1. The minimum absolute atomic E-state index is 0.0181. The van der Waals surface area contributed by atoms with Crippen molar-refractivity contribution in [3.05, 3.63) is 106 Å². The summed E-state index contributed by atoms with van der Waals surface area (Å²) >= 11 is 0. The van der Waals surface area contributed by atoms with E-state index < -0.39 is 23.0 Å². The summed E-state index contributed by atoms with van der Waals surface area (Å²) < 4.78 is 51.6. The van der Waals surface area contributed by atoms with Crippen molar-refractivity contribution in [3.8, 4) is 28.9 Å². The predicted molar refractivity (Wildman–Crippen MR) is 152 cm³/mol. The van der Waals surface area contributed by atoms with Gasteiger partial charge in [-0.3, -0.25) is 14.2 Å². The number of methoxy groups -OCH3 is 2. The third kappa shape index (κ3) is 6.33. The van der Waals surface area contributed by atoms with Crippen LogP contribution in [-0.2, 0) is 11.2 Å². The van der Waals surface area contributed by atoms with Gasteiger partial charge in [0, 0.05) is 31.0 Å². The van der Waals surface area contributed by atoms with Gasteiger partial charge in [-0.1, -0.05) is 6.07 Å². The molecule has 0 aliphatic carbocycles. The van der Waals surface area contributed by atoms with Crippen LogP contribution in [0.1, 0.15) is 21.6 Å². The molecule has 3 aromatic heterocycles. The second-order valence-corrected chi connectivity index (χ2v) is 9.36. The lowest BCUT2D eigenvalue weighted by Gasteiger charge is -2.13. The van der Waals surface area contributed by atoms with Gasteiger partial charge in [0.2, 0.25) is 5.88 Å². The number of Topliss-reactive ketones (excluding diaryl/α,β-unsaturated/α-hetero) is 1. The Kier molecular flexibility index (Phi) is 8.67. The van der Waals surface area contributed by atoms with Gasteiger partial charge in [0.05, 0.1) is 19.3 Å². The monoisotopic (exact) mass is 588 g/mol. The summed E-state index contributed by atoms with van der Waals surface area (Å²) in [5.41, 5.74) is 1.29. The lowest BCUT2D eigenvalue weighted by atomic mass is 10.0. The van der Waals surface area contributed by atoms with Crippen LogP contribution in [0.3, 0.4) is 0 Å². The van der Waals surface area contributed by atoms with Crippen LogP contribution in [0.4, 0.5) is 8.78 Å². The Morgan fingerprint density at radius 3 is 2.42 bits per heavy atom. The van der Waals surface area contributed by atoms with E-state index >= 15 is 4.39 Å². The third-order valence-corrected chi connectivity index (χ3v) is 6.48. The summed E-state index contributed by atoms with van der Waals surface area (Å²) in [6, 6.07) is 14.1. The van der Waals surface area contributed by atoms with E-state index in [9.17, 15) is 14.0 Å². The Morgan fingerprint density at radius 1 is 0.907 bits per heavy atom. The molecule has 2 aromatic carbocycles. The van der Waals surface area contributed by atoms with Crippen molar-refractivity contribution < 1.29 is 32.5 Å². The molecule has 0 aliphatic heterocycles. The van der Waals surface area contributed by atoms with E-state index in [-0.39, 0.29) is 41.6 Å². The number of ether oxygens (including phenoxy) is 4. The Morgan fingerprint density at radius 2 is 1.70 bits per heavy atom. The van der Waals surface area contributed by atoms with Gasteiger partial charge in [0.15, 0.2) is 28.6 Å². The molecule has 220 valence electrons. The molecule has 0 spiro atoms. The van der Waals surface area contributed by atoms with E-state index in [0.717, 1.165) is 6.07 Å². The van der Waals surface area contributed by atoms with Gasteiger partial charge < -0.3 is 18.9 Å². The molecular formula is C31H26F2N4O6. The molecule has 10 nitrogen and oxygen atoms in total. The summed E-state index contributed by atoms with van der Waals surface area (Å²) in [6.45, 7) is 2.33. The zero-order valence-corrected chi connectivity index (χ0v) is 23.5. The maximum Gasteiger partial charge on any atom is 0.266 e. The Bertz CT molecular complexity index is 1860. The van der Waals surface area contributed by atoms with E-state index in [1.807, 2.05) is 0 Å². The first-order chi connectivity index (χ1) is 20.8. The summed E-state index contributed by atoms with van der Waals surface area (Å²) in [6.07, 6.45) is 1.01. The molecule has 12 heteroatoms. The van der Waals surface area contributed by atoms with Crippen molar-refractivity contribution in [3.63, 3.8) is 0 Å². The van der Waals surface area contributed by atoms with Crippen molar-refractivity contribution >= 4 is 16.8 Å². The normalized spacial score (nSPS) is 11.0. The molecule has 0 fully saturated rings. The Balaban J connectivity index is 1.37. The van der Waals surface area contributed by atoms with E-state index in [2.05, 4.69) is 15.0 Å². The molecule has 43 heavy (non-hydrogen) atoms. The summed E-state index contributed by atoms with van der Waals surface area (Å²) in [4.78, 5) is 39.0. The van der Waals surface area contributed by atoms with Crippen molar-refractivity contribution in [2.45, 2.75) is 13.3 Å². The van der Waals surface area contributed by atoms with E-state index in [4.69, 9.17) is 18.9 Å². The maximum absolute atomic E-state index is 15.2. The molecule has 0 bridgehead atoms. The molecule has 0 aliphatic rings. The van der Waals surface area contributed by atoms with E-state index in [0.29, 0.717) is 34.8 Å². The van der Waals surface area contributed by atoms with Crippen LogP contribution in [0.25, 0.3) is 16.7 Å². The zero-order chi connectivity index (χ0) is 30.5. The first kappa shape index (κ1) is 29.3. The molecule has 0 N–H and O–H groups in total. The number of hydrogen-bond acceptors (Lipinski definition) is 9. The number of rotatable bonds is 11. The Labute approximate surface area is 244 Å². The van der Waals surface area contributed by atoms with Crippen molar-refractivity contribution in [1.29, 1.82) is 0 Å². The van der Waals surface area contributed by atoms with Crippen molar-refractivity contribution in [2.24, 2.45) is 0 Å². The number of halogens is 2. The van der Waals surface area contributed by atoms with Crippen LogP contribution in [0.5, 0.6) is 23.3 Å². The standard InChI is InChI=1S/C31H26F2N4O6/c1-18-4-10-22(31(39)37(18)21-8-6-20(32)7-9-21)25(38)15-19-5-11-26(23(33)14-19)43-30-28-24(34-17-35-30)16-27(29(36-28)41-3)42-13-12-40-2/h4-11,14,16-17H,12-13,15H2,1-3H3. The smallest absolute Gasteiger partial charge is 0.266 e. The fourth-order valence-corrected chi connectivity index (χ4v) is 4.36. The van der Waals surface area contributed by atoms with Crippen LogP contribution >= 0.6 is 0 Å². The highest BCUT2D eigenvalue weighted by Crippen LogP contribution is 2.33.